The Balaban J connectivity index is 1.91. The summed E-state index contributed by atoms with van der Waals surface area (Å²) in [6, 6.07) is 10.5. The van der Waals surface area contributed by atoms with Gasteiger partial charge in [0.1, 0.15) is 0 Å². The van der Waals surface area contributed by atoms with Crippen LogP contribution in [0.3, 0.4) is 0 Å². The third-order valence-corrected chi connectivity index (χ3v) is 3.42. The molecule has 8 nitrogen and oxygen atoms in total. The monoisotopic (exact) mass is 356 g/mol. The summed E-state index contributed by atoms with van der Waals surface area (Å²) in [5, 5.41) is 16.6. The summed E-state index contributed by atoms with van der Waals surface area (Å²) in [7, 11) is 3.98. The topological polar surface area (TPSA) is 99.2 Å². The van der Waals surface area contributed by atoms with E-state index >= 15 is 0 Å². The zero-order chi connectivity index (χ0) is 18.9. The Hall–Kier alpha value is -3.00. The van der Waals surface area contributed by atoms with E-state index in [0.717, 1.165) is 18.7 Å². The number of hydrogen-bond donors (Lipinski definition) is 3. The normalized spacial score (nSPS) is 10.5. The number of aromatic nitrogens is 2. The van der Waals surface area contributed by atoms with Crippen LogP contribution in [0.5, 0.6) is 0 Å². The molecule has 3 N–H and O–H groups in total. The molecule has 0 saturated carbocycles. The molecule has 0 saturated heterocycles. The maximum atomic E-state index is 12.0. The standard InChI is InChI=1S/C18H24N6O2/c1-13(25)20-14-6-4-7-15(12-14)21-17-9-8-16(22-23-17)18(26)19-10-5-11-24(2)3/h4,6-9,12H,5,10-11H2,1-3H3,(H,19,26)(H,20,25)(H,21,23). The van der Waals surface area contributed by atoms with Gasteiger partial charge in [0.25, 0.3) is 5.91 Å². The highest BCUT2D eigenvalue weighted by Gasteiger charge is 2.08. The second-order valence-corrected chi connectivity index (χ2v) is 6.10. The third kappa shape index (κ3) is 6.48. The van der Waals surface area contributed by atoms with Gasteiger partial charge in [-0.2, -0.15) is 0 Å². The number of carbonyl (C=O) groups is 2. The van der Waals surface area contributed by atoms with Crippen LogP contribution in [0.1, 0.15) is 23.8 Å². The lowest BCUT2D eigenvalue weighted by atomic mass is 10.2. The van der Waals surface area contributed by atoms with Gasteiger partial charge >= 0.3 is 0 Å². The molecule has 1 aromatic heterocycles. The first-order valence-electron chi connectivity index (χ1n) is 8.35. The minimum Gasteiger partial charge on any atom is -0.351 e. The zero-order valence-electron chi connectivity index (χ0n) is 15.2. The van der Waals surface area contributed by atoms with Crippen molar-refractivity contribution >= 4 is 29.0 Å². The van der Waals surface area contributed by atoms with Gasteiger partial charge in [0.15, 0.2) is 11.5 Å². The van der Waals surface area contributed by atoms with E-state index in [2.05, 4.69) is 31.0 Å². The maximum Gasteiger partial charge on any atom is 0.271 e. The molecular formula is C18H24N6O2. The molecular weight excluding hydrogens is 332 g/mol. The summed E-state index contributed by atoms with van der Waals surface area (Å²) in [5.41, 5.74) is 1.71. The predicted molar refractivity (Wildman–Crippen MR) is 102 cm³/mol. The number of hydrogen-bond acceptors (Lipinski definition) is 6. The SMILES string of the molecule is CC(=O)Nc1cccc(Nc2ccc(C(=O)NCCCN(C)C)nn2)c1. The molecule has 0 aliphatic rings. The van der Waals surface area contributed by atoms with Gasteiger partial charge in [-0.25, -0.2) is 0 Å². The molecule has 138 valence electrons. The second-order valence-electron chi connectivity index (χ2n) is 6.10. The zero-order valence-corrected chi connectivity index (χ0v) is 15.2. The fraction of sp³-hybridized carbons (Fsp3) is 0.333. The highest BCUT2D eigenvalue weighted by atomic mass is 16.2. The van der Waals surface area contributed by atoms with Gasteiger partial charge in [0.2, 0.25) is 5.91 Å². The molecule has 1 aromatic carbocycles. The van der Waals surface area contributed by atoms with Gasteiger partial charge in [-0.1, -0.05) is 6.07 Å². The van der Waals surface area contributed by atoms with Crippen molar-refractivity contribution in [2.75, 3.05) is 37.8 Å². The summed E-state index contributed by atoms with van der Waals surface area (Å²) in [4.78, 5) is 25.2. The summed E-state index contributed by atoms with van der Waals surface area (Å²) in [6.45, 7) is 2.96. The van der Waals surface area contributed by atoms with Crippen molar-refractivity contribution in [3.63, 3.8) is 0 Å². The van der Waals surface area contributed by atoms with Gasteiger partial charge in [-0.3, -0.25) is 9.59 Å². The number of nitrogens with one attached hydrogen (secondary N) is 3. The minimum atomic E-state index is -0.240. The molecule has 0 unspecified atom stereocenters. The van der Waals surface area contributed by atoms with Crippen molar-refractivity contribution in [2.24, 2.45) is 0 Å². The first-order chi connectivity index (χ1) is 12.4. The first-order valence-corrected chi connectivity index (χ1v) is 8.35. The van der Waals surface area contributed by atoms with Crippen LogP contribution < -0.4 is 16.0 Å². The summed E-state index contributed by atoms with van der Waals surface area (Å²) < 4.78 is 0. The summed E-state index contributed by atoms with van der Waals surface area (Å²) in [5.74, 6) is 0.132. The number of anilines is 3. The van der Waals surface area contributed by atoms with Crippen LogP contribution in [0.15, 0.2) is 36.4 Å². The van der Waals surface area contributed by atoms with Crippen molar-refractivity contribution in [1.82, 2.24) is 20.4 Å². The van der Waals surface area contributed by atoms with Crippen molar-refractivity contribution in [3.05, 3.63) is 42.1 Å². The Bertz CT molecular complexity index is 746. The number of carbonyl (C=O) groups excluding carboxylic acids is 2. The van der Waals surface area contributed by atoms with Crippen molar-refractivity contribution in [1.29, 1.82) is 0 Å². The molecule has 8 heteroatoms. The van der Waals surface area contributed by atoms with Gasteiger partial charge in [-0.05, 0) is 57.4 Å². The van der Waals surface area contributed by atoms with Crippen molar-refractivity contribution < 1.29 is 9.59 Å². The number of rotatable bonds is 8. The molecule has 2 aromatic rings. The molecule has 2 rings (SSSR count). The smallest absolute Gasteiger partial charge is 0.271 e. The Morgan fingerprint density at radius 3 is 2.50 bits per heavy atom. The lowest BCUT2D eigenvalue weighted by Crippen LogP contribution is -2.28. The Morgan fingerprint density at radius 2 is 1.85 bits per heavy atom. The van der Waals surface area contributed by atoms with Gasteiger partial charge < -0.3 is 20.9 Å². The molecule has 0 atom stereocenters. The molecule has 26 heavy (non-hydrogen) atoms. The quantitative estimate of drug-likeness (QED) is 0.625. The molecule has 1 heterocycles. The van der Waals surface area contributed by atoms with E-state index in [1.54, 1.807) is 24.3 Å². The predicted octanol–water partition coefficient (Wildman–Crippen LogP) is 1.86. The van der Waals surface area contributed by atoms with Crippen LogP contribution in [-0.4, -0.2) is 54.1 Å². The molecule has 0 aliphatic carbocycles. The lowest BCUT2D eigenvalue weighted by Gasteiger charge is -2.10. The fourth-order valence-corrected chi connectivity index (χ4v) is 2.23. The molecule has 0 aliphatic heterocycles. The summed E-state index contributed by atoms with van der Waals surface area (Å²) >= 11 is 0. The Labute approximate surface area is 153 Å². The molecule has 2 amide bonds. The van der Waals surface area contributed by atoms with E-state index in [9.17, 15) is 9.59 Å². The second kappa shape index (κ2) is 9.47. The van der Waals surface area contributed by atoms with Crippen LogP contribution >= 0.6 is 0 Å². The van der Waals surface area contributed by atoms with Gasteiger partial charge in [0.05, 0.1) is 0 Å². The van der Waals surface area contributed by atoms with Crippen molar-refractivity contribution in [2.45, 2.75) is 13.3 Å². The largest absolute Gasteiger partial charge is 0.351 e. The van der Waals surface area contributed by atoms with Crippen LogP contribution in [0.2, 0.25) is 0 Å². The molecule has 0 bridgehead atoms. The van der Waals surface area contributed by atoms with Gasteiger partial charge in [0, 0.05) is 24.8 Å². The van der Waals surface area contributed by atoms with E-state index < -0.39 is 0 Å². The number of amides is 2. The van der Waals surface area contributed by atoms with E-state index in [0.29, 0.717) is 18.1 Å². The van der Waals surface area contributed by atoms with E-state index in [1.807, 2.05) is 26.2 Å². The van der Waals surface area contributed by atoms with Gasteiger partial charge in [-0.15, -0.1) is 10.2 Å². The molecule has 0 fully saturated rings. The Morgan fingerprint density at radius 1 is 1.08 bits per heavy atom. The average Bonchev–Trinajstić information content (AvgIpc) is 2.59. The third-order valence-electron chi connectivity index (χ3n) is 3.42. The average molecular weight is 356 g/mol. The van der Waals surface area contributed by atoms with Crippen LogP contribution in [0.25, 0.3) is 0 Å². The summed E-state index contributed by atoms with van der Waals surface area (Å²) in [6.07, 6.45) is 0.871. The molecule has 0 spiro atoms. The fourth-order valence-electron chi connectivity index (χ4n) is 2.23. The van der Waals surface area contributed by atoms with Crippen LogP contribution in [-0.2, 0) is 4.79 Å². The Kier molecular flexibility index (Phi) is 7.04. The molecule has 0 radical (unpaired) electrons. The van der Waals surface area contributed by atoms with Crippen LogP contribution in [0, 0.1) is 0 Å². The van der Waals surface area contributed by atoms with Crippen LogP contribution in [0.4, 0.5) is 17.2 Å². The minimum absolute atomic E-state index is 0.136. The van der Waals surface area contributed by atoms with E-state index in [-0.39, 0.29) is 17.5 Å². The van der Waals surface area contributed by atoms with E-state index in [1.165, 1.54) is 6.92 Å². The maximum absolute atomic E-state index is 12.0. The lowest BCUT2D eigenvalue weighted by molar-refractivity contribution is -0.114. The first kappa shape index (κ1) is 19.3. The number of benzene rings is 1. The van der Waals surface area contributed by atoms with E-state index in [4.69, 9.17) is 0 Å². The van der Waals surface area contributed by atoms with Crippen molar-refractivity contribution in [3.8, 4) is 0 Å². The highest BCUT2D eigenvalue weighted by Crippen LogP contribution is 2.18. The number of nitrogens with zero attached hydrogens (tertiary/aromatic N) is 3. The highest BCUT2D eigenvalue weighted by molar-refractivity contribution is 5.92.